The molecule has 0 aliphatic heterocycles. The predicted molar refractivity (Wildman–Crippen MR) is 71.1 cm³/mol. The van der Waals surface area contributed by atoms with E-state index < -0.39 is 5.97 Å². The highest BCUT2D eigenvalue weighted by atomic mass is 35.5. The minimum atomic E-state index is -1.02. The molecule has 1 N–H and O–H groups in total. The summed E-state index contributed by atoms with van der Waals surface area (Å²) >= 11 is 5.81. The van der Waals surface area contributed by atoms with Gasteiger partial charge in [-0.25, -0.2) is 4.79 Å². The molecule has 0 fully saturated rings. The van der Waals surface area contributed by atoms with E-state index in [1.54, 1.807) is 19.1 Å². The number of hydrogen-bond donors (Lipinski definition) is 1. The zero-order valence-corrected chi connectivity index (χ0v) is 11.1. The van der Waals surface area contributed by atoms with Gasteiger partial charge in [0.2, 0.25) is 0 Å². The first kappa shape index (κ1) is 14.3. The van der Waals surface area contributed by atoms with Gasteiger partial charge in [0.1, 0.15) is 0 Å². The number of carboxylic acids is 1. The van der Waals surface area contributed by atoms with Gasteiger partial charge in [-0.2, -0.15) is 5.26 Å². The van der Waals surface area contributed by atoms with Crippen LogP contribution in [0.1, 0.15) is 24.2 Å². The summed E-state index contributed by atoms with van der Waals surface area (Å²) in [6.07, 6.45) is 0. The third-order valence-corrected chi connectivity index (χ3v) is 2.86. The van der Waals surface area contributed by atoms with Crippen LogP contribution in [0.5, 0.6) is 0 Å². The van der Waals surface area contributed by atoms with Crippen LogP contribution in [0.4, 0.5) is 5.69 Å². The maximum atomic E-state index is 11.2. The number of nitrogens with zero attached hydrogens (tertiary/aromatic N) is 2. The third kappa shape index (κ3) is 3.38. The minimum Gasteiger partial charge on any atom is -0.478 e. The predicted octanol–water partition coefficient (Wildman–Crippen LogP) is 3.02. The Morgan fingerprint density at radius 2 is 2.28 bits per heavy atom. The van der Waals surface area contributed by atoms with Gasteiger partial charge >= 0.3 is 5.97 Å². The number of aromatic carboxylic acids is 1. The fourth-order valence-electron chi connectivity index (χ4n) is 1.72. The van der Waals surface area contributed by atoms with Gasteiger partial charge in [-0.1, -0.05) is 11.6 Å². The first-order valence-corrected chi connectivity index (χ1v) is 6.04. The molecule has 0 radical (unpaired) electrons. The van der Waals surface area contributed by atoms with E-state index in [0.717, 1.165) is 0 Å². The Labute approximate surface area is 111 Å². The molecule has 0 bridgehead atoms. The zero-order chi connectivity index (χ0) is 13.7. The Kier molecular flexibility index (Phi) is 4.99. The van der Waals surface area contributed by atoms with E-state index in [2.05, 4.69) is 6.07 Å². The molecule has 0 spiro atoms. The molecule has 0 heterocycles. The van der Waals surface area contributed by atoms with Gasteiger partial charge in [0.15, 0.2) is 0 Å². The minimum absolute atomic E-state index is 0.162. The van der Waals surface area contributed by atoms with Crippen molar-refractivity contribution in [1.82, 2.24) is 0 Å². The van der Waals surface area contributed by atoms with Crippen molar-refractivity contribution in [2.45, 2.75) is 13.8 Å². The highest BCUT2D eigenvalue weighted by Crippen LogP contribution is 2.25. The SMILES string of the molecule is CCN(CC(C)C#N)c1ccc(Cl)cc1C(=O)O. The van der Waals surface area contributed by atoms with E-state index in [-0.39, 0.29) is 11.5 Å². The Hall–Kier alpha value is -1.73. The molecule has 0 saturated carbocycles. The van der Waals surface area contributed by atoms with Crippen molar-refractivity contribution in [3.63, 3.8) is 0 Å². The molecule has 4 nitrogen and oxygen atoms in total. The molecule has 0 amide bonds. The molecule has 0 saturated heterocycles. The van der Waals surface area contributed by atoms with Crippen LogP contribution >= 0.6 is 11.6 Å². The van der Waals surface area contributed by atoms with Gasteiger partial charge in [-0.15, -0.1) is 0 Å². The van der Waals surface area contributed by atoms with Crippen molar-refractivity contribution in [3.05, 3.63) is 28.8 Å². The lowest BCUT2D eigenvalue weighted by atomic mass is 10.1. The second-order valence-corrected chi connectivity index (χ2v) is 4.47. The van der Waals surface area contributed by atoms with Gasteiger partial charge in [-0.3, -0.25) is 0 Å². The first-order valence-electron chi connectivity index (χ1n) is 5.67. The second kappa shape index (κ2) is 6.27. The van der Waals surface area contributed by atoms with Gasteiger partial charge in [-0.05, 0) is 32.0 Å². The van der Waals surface area contributed by atoms with Crippen LogP contribution in [0.2, 0.25) is 5.02 Å². The monoisotopic (exact) mass is 266 g/mol. The molecule has 1 unspecified atom stereocenters. The number of rotatable bonds is 5. The fourth-order valence-corrected chi connectivity index (χ4v) is 1.90. The van der Waals surface area contributed by atoms with E-state index >= 15 is 0 Å². The van der Waals surface area contributed by atoms with E-state index in [1.807, 2.05) is 11.8 Å². The number of carbonyl (C=O) groups is 1. The summed E-state index contributed by atoms with van der Waals surface area (Å²) in [5.74, 6) is -1.18. The van der Waals surface area contributed by atoms with Crippen LogP contribution in [0.25, 0.3) is 0 Å². The Morgan fingerprint density at radius 1 is 1.61 bits per heavy atom. The Bertz CT molecular complexity index is 482. The molecular weight excluding hydrogens is 252 g/mol. The second-order valence-electron chi connectivity index (χ2n) is 4.04. The van der Waals surface area contributed by atoms with Gasteiger partial charge < -0.3 is 10.0 Å². The third-order valence-electron chi connectivity index (χ3n) is 2.63. The average Bonchev–Trinajstić information content (AvgIpc) is 2.35. The fraction of sp³-hybridized carbons (Fsp3) is 0.385. The quantitative estimate of drug-likeness (QED) is 0.890. The number of anilines is 1. The summed E-state index contributed by atoms with van der Waals surface area (Å²) < 4.78 is 0. The van der Waals surface area contributed by atoms with Gasteiger partial charge in [0.25, 0.3) is 0 Å². The number of carboxylic acid groups (broad SMARTS) is 1. The molecule has 96 valence electrons. The number of halogens is 1. The summed E-state index contributed by atoms with van der Waals surface area (Å²) in [4.78, 5) is 13.1. The summed E-state index contributed by atoms with van der Waals surface area (Å²) in [7, 11) is 0. The van der Waals surface area contributed by atoms with Gasteiger partial charge in [0, 0.05) is 18.1 Å². The number of nitriles is 1. The molecule has 1 atom stereocenters. The van der Waals surface area contributed by atoms with Crippen molar-refractivity contribution in [3.8, 4) is 6.07 Å². The van der Waals surface area contributed by atoms with Crippen LogP contribution in [0, 0.1) is 17.2 Å². The topological polar surface area (TPSA) is 64.3 Å². The van der Waals surface area contributed by atoms with Crippen molar-refractivity contribution in [2.75, 3.05) is 18.0 Å². The van der Waals surface area contributed by atoms with Crippen molar-refractivity contribution in [2.24, 2.45) is 5.92 Å². The Balaban J connectivity index is 3.13. The Morgan fingerprint density at radius 3 is 2.78 bits per heavy atom. The molecular formula is C13H15ClN2O2. The van der Waals surface area contributed by atoms with Crippen LogP contribution in [-0.2, 0) is 0 Å². The number of hydrogen-bond acceptors (Lipinski definition) is 3. The molecule has 1 aromatic carbocycles. The van der Waals surface area contributed by atoms with E-state index in [0.29, 0.717) is 23.8 Å². The maximum absolute atomic E-state index is 11.2. The first-order chi connectivity index (χ1) is 8.49. The molecule has 0 aromatic heterocycles. The van der Waals surface area contributed by atoms with Crippen molar-refractivity contribution in [1.29, 1.82) is 5.26 Å². The van der Waals surface area contributed by atoms with Crippen molar-refractivity contribution < 1.29 is 9.90 Å². The van der Waals surface area contributed by atoms with Crippen LogP contribution in [-0.4, -0.2) is 24.2 Å². The molecule has 5 heteroatoms. The van der Waals surface area contributed by atoms with E-state index in [1.165, 1.54) is 6.07 Å². The lowest BCUT2D eigenvalue weighted by Crippen LogP contribution is -2.29. The normalized spacial score (nSPS) is 11.7. The largest absolute Gasteiger partial charge is 0.478 e. The molecule has 1 rings (SSSR count). The van der Waals surface area contributed by atoms with Crippen molar-refractivity contribution >= 4 is 23.3 Å². The van der Waals surface area contributed by atoms with E-state index in [9.17, 15) is 9.90 Å². The van der Waals surface area contributed by atoms with Crippen LogP contribution < -0.4 is 4.90 Å². The summed E-state index contributed by atoms with van der Waals surface area (Å²) in [5.41, 5.74) is 0.756. The number of benzene rings is 1. The summed E-state index contributed by atoms with van der Waals surface area (Å²) in [6, 6.07) is 6.91. The lowest BCUT2D eigenvalue weighted by molar-refractivity contribution is 0.0697. The molecule has 0 aliphatic rings. The summed E-state index contributed by atoms with van der Waals surface area (Å²) in [6.45, 7) is 4.85. The highest BCUT2D eigenvalue weighted by Gasteiger charge is 2.17. The molecule has 1 aromatic rings. The van der Waals surface area contributed by atoms with E-state index in [4.69, 9.17) is 16.9 Å². The van der Waals surface area contributed by atoms with Crippen LogP contribution in [0.15, 0.2) is 18.2 Å². The highest BCUT2D eigenvalue weighted by molar-refractivity contribution is 6.31. The zero-order valence-electron chi connectivity index (χ0n) is 10.4. The average molecular weight is 267 g/mol. The smallest absolute Gasteiger partial charge is 0.337 e. The standard InChI is InChI=1S/C13H15ClN2O2/c1-3-16(8-9(2)7-15)12-5-4-10(14)6-11(12)13(17)18/h4-6,9H,3,8H2,1-2H3,(H,17,18). The molecule has 0 aliphatic carbocycles. The lowest BCUT2D eigenvalue weighted by Gasteiger charge is -2.25. The van der Waals surface area contributed by atoms with Gasteiger partial charge in [0.05, 0.1) is 23.2 Å². The summed E-state index contributed by atoms with van der Waals surface area (Å²) in [5, 5.41) is 18.4. The van der Waals surface area contributed by atoms with Crippen LogP contribution in [0.3, 0.4) is 0 Å². The molecule has 18 heavy (non-hydrogen) atoms. The maximum Gasteiger partial charge on any atom is 0.337 e.